The molecule has 2 N–H and O–H groups in total. The number of alkyl halides is 3. The van der Waals surface area contributed by atoms with Gasteiger partial charge in [-0.1, -0.05) is 11.3 Å². The van der Waals surface area contributed by atoms with Gasteiger partial charge >= 0.3 is 6.36 Å². The van der Waals surface area contributed by atoms with Crippen LogP contribution in [0, 0.1) is 0 Å². The van der Waals surface area contributed by atoms with Crippen molar-refractivity contribution in [2.24, 2.45) is 0 Å². The minimum absolute atomic E-state index is 0.0490. The Balaban J connectivity index is 1.45. The number of nitrogens with zero attached hydrogens (tertiary/aromatic N) is 2. The Morgan fingerprint density at radius 3 is 2.76 bits per heavy atom. The van der Waals surface area contributed by atoms with Gasteiger partial charge in [-0.15, -0.1) is 13.2 Å². The van der Waals surface area contributed by atoms with E-state index < -0.39 is 12.6 Å². The zero-order valence-electron chi connectivity index (χ0n) is 14.9. The third-order valence-electron chi connectivity index (χ3n) is 4.60. The summed E-state index contributed by atoms with van der Waals surface area (Å²) in [5.41, 5.74) is 1.25. The number of fused-ring (bicyclic) bond motifs is 1. The predicted octanol–water partition coefficient (Wildman–Crippen LogP) is 4.46. The molecule has 3 heterocycles. The van der Waals surface area contributed by atoms with Crippen molar-refractivity contribution in [1.82, 2.24) is 9.55 Å². The molecule has 0 saturated heterocycles. The number of thiazole rings is 1. The summed E-state index contributed by atoms with van der Waals surface area (Å²) in [7, 11) is 0. The molecule has 0 amide bonds. The SMILES string of the molecule is O=C1CC[C@H](C(O)Nc2ncc(-c3ccc(OC(F)(F)F)cc3)s2)n2cccc21. The van der Waals surface area contributed by atoms with Crippen LogP contribution in [-0.2, 0) is 0 Å². The molecule has 29 heavy (non-hydrogen) atoms. The quantitative estimate of drug-likeness (QED) is 0.593. The van der Waals surface area contributed by atoms with Gasteiger partial charge in [-0.2, -0.15) is 0 Å². The zero-order valence-corrected chi connectivity index (χ0v) is 15.7. The normalized spacial score (nSPS) is 17.7. The van der Waals surface area contributed by atoms with Crippen LogP contribution in [0.25, 0.3) is 10.4 Å². The number of aliphatic hydroxyl groups is 1. The molecule has 6 nitrogen and oxygen atoms in total. The van der Waals surface area contributed by atoms with Gasteiger partial charge in [0, 0.05) is 18.8 Å². The van der Waals surface area contributed by atoms with Crippen LogP contribution in [0.2, 0.25) is 0 Å². The molecule has 1 aromatic carbocycles. The van der Waals surface area contributed by atoms with Crippen LogP contribution in [-0.4, -0.2) is 33.0 Å². The molecule has 1 aliphatic rings. The van der Waals surface area contributed by atoms with Gasteiger partial charge in [0.25, 0.3) is 0 Å². The second kappa shape index (κ2) is 7.53. The summed E-state index contributed by atoms with van der Waals surface area (Å²) in [6, 6.07) is 8.68. The highest BCUT2D eigenvalue weighted by molar-refractivity contribution is 7.18. The maximum Gasteiger partial charge on any atom is 0.573 e. The molecule has 152 valence electrons. The van der Waals surface area contributed by atoms with Gasteiger partial charge in [0.15, 0.2) is 10.9 Å². The average molecular weight is 423 g/mol. The van der Waals surface area contributed by atoms with Gasteiger partial charge in [0.1, 0.15) is 12.0 Å². The molecule has 2 aromatic heterocycles. The summed E-state index contributed by atoms with van der Waals surface area (Å²) in [5, 5.41) is 14.0. The lowest BCUT2D eigenvalue weighted by Gasteiger charge is -2.29. The van der Waals surface area contributed by atoms with Gasteiger partial charge in [0.2, 0.25) is 0 Å². The lowest BCUT2D eigenvalue weighted by molar-refractivity contribution is -0.274. The fraction of sp³-hybridized carbons (Fsp3) is 0.263. The first kappa shape index (κ1) is 19.5. The van der Waals surface area contributed by atoms with E-state index in [2.05, 4.69) is 15.0 Å². The Labute approximate surface area is 167 Å². The van der Waals surface area contributed by atoms with E-state index in [4.69, 9.17) is 0 Å². The number of ether oxygens (including phenoxy) is 1. The van der Waals surface area contributed by atoms with Gasteiger partial charge in [-0.3, -0.25) is 4.79 Å². The summed E-state index contributed by atoms with van der Waals surface area (Å²) in [4.78, 5) is 16.9. The molecule has 0 radical (unpaired) electrons. The van der Waals surface area contributed by atoms with Crippen LogP contribution in [0.1, 0.15) is 29.4 Å². The Morgan fingerprint density at radius 2 is 2.03 bits per heavy atom. The van der Waals surface area contributed by atoms with E-state index in [1.165, 1.54) is 35.6 Å². The highest BCUT2D eigenvalue weighted by Crippen LogP contribution is 2.33. The van der Waals surface area contributed by atoms with Crippen LogP contribution in [0.4, 0.5) is 18.3 Å². The Morgan fingerprint density at radius 1 is 1.28 bits per heavy atom. The maximum absolute atomic E-state index is 12.3. The number of aromatic nitrogens is 2. The van der Waals surface area contributed by atoms with Crippen molar-refractivity contribution in [3.05, 3.63) is 54.5 Å². The van der Waals surface area contributed by atoms with Crippen LogP contribution in [0.15, 0.2) is 48.8 Å². The summed E-state index contributed by atoms with van der Waals surface area (Å²) in [5.74, 6) is -0.248. The first-order valence-electron chi connectivity index (χ1n) is 8.77. The van der Waals surface area contributed by atoms with E-state index in [9.17, 15) is 23.1 Å². The number of aliphatic hydroxyl groups excluding tert-OH is 1. The number of hydrogen-bond acceptors (Lipinski definition) is 6. The number of carbonyl (C=O) groups is 1. The molecular formula is C19H16F3N3O3S. The van der Waals surface area contributed by atoms with E-state index >= 15 is 0 Å². The van der Waals surface area contributed by atoms with Gasteiger partial charge in [0.05, 0.1) is 16.6 Å². The molecule has 4 rings (SSSR count). The first-order chi connectivity index (χ1) is 13.8. The monoisotopic (exact) mass is 423 g/mol. The fourth-order valence-corrected chi connectivity index (χ4v) is 4.15. The largest absolute Gasteiger partial charge is 0.573 e. The third-order valence-corrected chi connectivity index (χ3v) is 5.58. The molecule has 1 unspecified atom stereocenters. The smallest absolute Gasteiger partial charge is 0.406 e. The fourth-order valence-electron chi connectivity index (χ4n) is 3.29. The van der Waals surface area contributed by atoms with Crippen molar-refractivity contribution >= 4 is 22.3 Å². The number of carbonyl (C=O) groups excluding carboxylic acids is 1. The number of rotatable bonds is 5. The summed E-state index contributed by atoms with van der Waals surface area (Å²) >= 11 is 1.26. The highest BCUT2D eigenvalue weighted by atomic mass is 32.1. The summed E-state index contributed by atoms with van der Waals surface area (Å²) < 4.78 is 42.4. The Kier molecular flexibility index (Phi) is 5.05. The molecule has 0 aliphatic carbocycles. The highest BCUT2D eigenvalue weighted by Gasteiger charge is 2.31. The lowest BCUT2D eigenvalue weighted by Crippen LogP contribution is -2.35. The van der Waals surface area contributed by atoms with Crippen molar-refractivity contribution in [2.75, 3.05) is 5.32 Å². The molecular weight excluding hydrogens is 407 g/mol. The minimum atomic E-state index is -4.73. The van der Waals surface area contributed by atoms with Crippen molar-refractivity contribution < 1.29 is 27.8 Å². The van der Waals surface area contributed by atoms with Crippen molar-refractivity contribution in [1.29, 1.82) is 0 Å². The number of hydrogen-bond donors (Lipinski definition) is 2. The maximum atomic E-state index is 12.3. The average Bonchev–Trinajstić information content (AvgIpc) is 3.31. The zero-order chi connectivity index (χ0) is 20.6. The van der Waals surface area contributed by atoms with Crippen LogP contribution in [0.3, 0.4) is 0 Å². The molecule has 2 atom stereocenters. The van der Waals surface area contributed by atoms with Crippen molar-refractivity contribution in [3.63, 3.8) is 0 Å². The summed E-state index contributed by atoms with van der Waals surface area (Å²) in [6.45, 7) is 0. The molecule has 3 aromatic rings. The predicted molar refractivity (Wildman–Crippen MR) is 101 cm³/mol. The van der Waals surface area contributed by atoms with E-state index in [1.807, 2.05) is 0 Å². The topological polar surface area (TPSA) is 76.4 Å². The number of benzene rings is 1. The number of anilines is 1. The minimum Gasteiger partial charge on any atom is -0.406 e. The molecule has 0 fully saturated rings. The van der Waals surface area contributed by atoms with Gasteiger partial charge in [-0.25, -0.2) is 4.98 Å². The van der Waals surface area contributed by atoms with E-state index in [0.717, 1.165) is 4.88 Å². The van der Waals surface area contributed by atoms with Gasteiger partial charge in [-0.05, 0) is 48.4 Å². The van der Waals surface area contributed by atoms with Crippen molar-refractivity contribution in [3.8, 4) is 16.2 Å². The standard InChI is InChI=1S/C19H16F3N3O3S/c20-19(21,22)28-12-5-3-11(4-6-12)16-10-23-18(29-16)24-17(27)14-7-8-15(26)13-2-1-9-25(13)14/h1-6,9-10,14,17,27H,7-8H2,(H,23,24)/t14-,17?/m1/s1. The second-order valence-electron chi connectivity index (χ2n) is 6.52. The number of ketones is 1. The van der Waals surface area contributed by atoms with E-state index in [1.54, 1.807) is 29.1 Å². The van der Waals surface area contributed by atoms with Gasteiger partial charge < -0.3 is 19.7 Å². The molecule has 1 aliphatic heterocycles. The Bertz CT molecular complexity index is 1010. The molecule has 0 bridgehead atoms. The summed E-state index contributed by atoms with van der Waals surface area (Å²) in [6.07, 6.45) is -1.47. The Hall–Kier alpha value is -2.85. The van der Waals surface area contributed by atoms with E-state index in [-0.39, 0.29) is 17.6 Å². The number of nitrogens with one attached hydrogen (secondary N) is 1. The second-order valence-corrected chi connectivity index (χ2v) is 7.55. The lowest BCUT2D eigenvalue weighted by atomic mass is 10.0. The molecule has 0 saturated carbocycles. The molecule has 10 heteroatoms. The van der Waals surface area contributed by atoms with Crippen LogP contribution in [0.5, 0.6) is 5.75 Å². The van der Waals surface area contributed by atoms with Crippen molar-refractivity contribution in [2.45, 2.75) is 31.5 Å². The van der Waals surface area contributed by atoms with E-state index in [0.29, 0.717) is 29.2 Å². The van der Waals surface area contributed by atoms with Crippen LogP contribution < -0.4 is 10.1 Å². The van der Waals surface area contributed by atoms with Crippen LogP contribution >= 0.6 is 11.3 Å². The number of Topliss-reactive ketones (excluding diaryl/α,β-unsaturated/α-hetero) is 1. The first-order valence-corrected chi connectivity index (χ1v) is 9.58. The third kappa shape index (κ3) is 4.28. The number of halogens is 3. The molecule has 0 spiro atoms.